The SMILES string of the molecule is [2H]C1([2H])CCC(C)(C)C(C=CC(=O)OC)=C1C. The minimum absolute atomic E-state index is 0.0970. The Hall–Kier alpha value is -1.05. The first-order valence-electron chi connectivity index (χ1n) is 6.18. The van der Waals surface area contributed by atoms with Gasteiger partial charge in [-0.1, -0.05) is 25.5 Å². The van der Waals surface area contributed by atoms with Crippen molar-refractivity contribution in [3.8, 4) is 0 Å². The third-order valence-electron chi connectivity index (χ3n) is 2.86. The topological polar surface area (TPSA) is 26.3 Å². The minimum Gasteiger partial charge on any atom is -0.466 e. The van der Waals surface area contributed by atoms with Gasteiger partial charge in [0.15, 0.2) is 0 Å². The van der Waals surface area contributed by atoms with Gasteiger partial charge in [0.2, 0.25) is 0 Å². The molecular formula is C13H20O2. The Kier molecular flexibility index (Phi) is 2.85. The summed E-state index contributed by atoms with van der Waals surface area (Å²) in [5, 5.41) is 0. The van der Waals surface area contributed by atoms with E-state index in [1.165, 1.54) is 13.2 Å². The first kappa shape index (κ1) is 9.20. The van der Waals surface area contributed by atoms with Gasteiger partial charge in [0.1, 0.15) is 0 Å². The van der Waals surface area contributed by atoms with Gasteiger partial charge in [-0.15, -0.1) is 0 Å². The van der Waals surface area contributed by atoms with Gasteiger partial charge in [0.05, 0.1) is 7.11 Å². The van der Waals surface area contributed by atoms with Crippen molar-refractivity contribution >= 4 is 5.97 Å². The molecule has 0 fully saturated rings. The van der Waals surface area contributed by atoms with E-state index in [2.05, 4.69) is 18.6 Å². The molecule has 0 aromatic rings. The number of hydrogen-bond donors (Lipinski definition) is 0. The van der Waals surface area contributed by atoms with Crippen molar-refractivity contribution in [2.45, 2.75) is 40.0 Å². The highest BCUT2D eigenvalue weighted by atomic mass is 16.5. The van der Waals surface area contributed by atoms with Gasteiger partial charge < -0.3 is 4.74 Å². The molecule has 0 heterocycles. The lowest BCUT2D eigenvalue weighted by atomic mass is 9.73. The lowest BCUT2D eigenvalue weighted by Gasteiger charge is -2.32. The molecule has 0 unspecified atom stereocenters. The molecule has 1 rings (SSSR count). The highest BCUT2D eigenvalue weighted by Gasteiger charge is 2.26. The van der Waals surface area contributed by atoms with Crippen LogP contribution in [0.5, 0.6) is 0 Å². The van der Waals surface area contributed by atoms with Crippen LogP contribution in [0, 0.1) is 5.41 Å². The van der Waals surface area contributed by atoms with Gasteiger partial charge in [-0.2, -0.15) is 0 Å². The van der Waals surface area contributed by atoms with E-state index in [9.17, 15) is 4.79 Å². The molecule has 1 aliphatic rings. The van der Waals surface area contributed by atoms with Crippen molar-refractivity contribution in [1.82, 2.24) is 0 Å². The summed E-state index contributed by atoms with van der Waals surface area (Å²) < 4.78 is 20.4. The van der Waals surface area contributed by atoms with Crippen LogP contribution in [0.3, 0.4) is 0 Å². The van der Waals surface area contributed by atoms with Crippen molar-refractivity contribution < 1.29 is 12.3 Å². The molecule has 1 aliphatic carbocycles. The first-order valence-corrected chi connectivity index (χ1v) is 5.18. The van der Waals surface area contributed by atoms with Crippen molar-refractivity contribution in [3.05, 3.63) is 23.3 Å². The lowest BCUT2D eigenvalue weighted by Crippen LogP contribution is -2.19. The summed E-state index contributed by atoms with van der Waals surface area (Å²) in [6, 6.07) is 0. The molecule has 0 radical (unpaired) electrons. The van der Waals surface area contributed by atoms with E-state index in [-0.39, 0.29) is 5.41 Å². The van der Waals surface area contributed by atoms with Crippen molar-refractivity contribution in [1.29, 1.82) is 0 Å². The summed E-state index contributed by atoms with van der Waals surface area (Å²) in [6.07, 6.45) is 3.09. The van der Waals surface area contributed by atoms with E-state index in [1.54, 1.807) is 13.0 Å². The van der Waals surface area contributed by atoms with Gasteiger partial charge in [0.25, 0.3) is 0 Å². The van der Waals surface area contributed by atoms with Crippen LogP contribution in [-0.2, 0) is 9.53 Å². The Morgan fingerprint density at radius 2 is 2.27 bits per heavy atom. The maximum Gasteiger partial charge on any atom is 0.330 e. The van der Waals surface area contributed by atoms with E-state index in [1.807, 2.05) is 0 Å². The fourth-order valence-electron chi connectivity index (χ4n) is 1.87. The number of allylic oxidation sites excluding steroid dienone is 3. The van der Waals surface area contributed by atoms with Crippen LogP contribution in [-0.4, -0.2) is 13.1 Å². The maximum absolute atomic E-state index is 11.1. The smallest absolute Gasteiger partial charge is 0.330 e. The summed E-state index contributed by atoms with van der Waals surface area (Å²) in [6.45, 7) is 5.95. The second kappa shape index (κ2) is 4.65. The van der Waals surface area contributed by atoms with Gasteiger partial charge in [-0.25, -0.2) is 4.79 Å². The Balaban J connectivity index is 3.13. The molecule has 0 aliphatic heterocycles. The second-order valence-electron chi connectivity index (χ2n) is 4.46. The quantitative estimate of drug-likeness (QED) is 0.516. The Morgan fingerprint density at radius 1 is 1.60 bits per heavy atom. The zero-order valence-electron chi connectivity index (χ0n) is 11.9. The van der Waals surface area contributed by atoms with Gasteiger partial charge in [-0.3, -0.25) is 0 Å². The van der Waals surface area contributed by atoms with Crippen LogP contribution in [0.15, 0.2) is 23.3 Å². The number of ether oxygens (including phenoxy) is 1. The van der Waals surface area contributed by atoms with E-state index in [0.717, 1.165) is 12.0 Å². The van der Waals surface area contributed by atoms with Crippen molar-refractivity contribution in [3.63, 3.8) is 0 Å². The molecule has 15 heavy (non-hydrogen) atoms. The number of carbonyl (C=O) groups is 1. The average Bonchev–Trinajstić information content (AvgIpc) is 2.24. The van der Waals surface area contributed by atoms with E-state index >= 15 is 0 Å². The predicted molar refractivity (Wildman–Crippen MR) is 61.5 cm³/mol. The lowest BCUT2D eigenvalue weighted by molar-refractivity contribution is -0.134. The summed E-state index contributed by atoms with van der Waals surface area (Å²) in [5.41, 5.74) is 1.52. The summed E-state index contributed by atoms with van der Waals surface area (Å²) in [7, 11) is 1.33. The fraction of sp³-hybridized carbons (Fsp3) is 0.615. The average molecular weight is 210 g/mol. The standard InChI is InChI=1S/C13H20O2/c1-10-6-5-9-13(2,3)11(10)7-8-12(14)15-4/h7-8H,5-6,9H2,1-4H3/i6D2. The highest BCUT2D eigenvalue weighted by Crippen LogP contribution is 2.40. The number of carbonyl (C=O) groups excluding carboxylic acids is 1. The molecule has 2 heteroatoms. The Labute approximate surface area is 94.8 Å². The molecule has 0 N–H and O–H groups in total. The molecule has 84 valence electrons. The fourth-order valence-corrected chi connectivity index (χ4v) is 1.87. The molecular weight excluding hydrogens is 188 g/mol. The van der Waals surface area contributed by atoms with Crippen LogP contribution >= 0.6 is 0 Å². The summed E-state index contributed by atoms with van der Waals surface area (Å²) >= 11 is 0. The van der Waals surface area contributed by atoms with Gasteiger partial charge >= 0.3 is 5.97 Å². The molecule has 0 spiro atoms. The largest absolute Gasteiger partial charge is 0.466 e. The minimum atomic E-state index is -1.27. The van der Waals surface area contributed by atoms with Crippen LogP contribution in [0.1, 0.15) is 42.7 Å². The van der Waals surface area contributed by atoms with Gasteiger partial charge in [0, 0.05) is 8.82 Å². The number of esters is 1. The van der Waals surface area contributed by atoms with Crippen molar-refractivity contribution in [2.75, 3.05) is 7.11 Å². The Bertz CT molecular complexity index is 379. The molecule has 2 nitrogen and oxygen atoms in total. The van der Waals surface area contributed by atoms with Crippen LogP contribution in [0.2, 0.25) is 0 Å². The summed E-state index contributed by atoms with van der Waals surface area (Å²) in [4.78, 5) is 11.1. The van der Waals surface area contributed by atoms with Crippen LogP contribution < -0.4 is 0 Å². The zero-order valence-corrected chi connectivity index (χ0v) is 9.89. The predicted octanol–water partition coefficient (Wildman–Crippen LogP) is 3.24. The van der Waals surface area contributed by atoms with Gasteiger partial charge in [-0.05, 0) is 37.1 Å². The maximum atomic E-state index is 11.1. The first-order chi connectivity index (χ1) is 7.70. The normalized spacial score (nSPS) is 26.1. The molecule has 0 saturated heterocycles. The number of rotatable bonds is 2. The van der Waals surface area contributed by atoms with Crippen LogP contribution in [0.25, 0.3) is 0 Å². The molecule has 0 amide bonds. The van der Waals surface area contributed by atoms with E-state index < -0.39 is 12.3 Å². The highest BCUT2D eigenvalue weighted by molar-refractivity contribution is 5.82. The van der Waals surface area contributed by atoms with Crippen molar-refractivity contribution in [2.24, 2.45) is 5.41 Å². The number of hydrogen-bond acceptors (Lipinski definition) is 2. The molecule has 0 aromatic carbocycles. The Morgan fingerprint density at radius 3 is 2.87 bits per heavy atom. The van der Waals surface area contributed by atoms with Crippen LogP contribution in [0.4, 0.5) is 0 Å². The molecule has 0 saturated carbocycles. The van der Waals surface area contributed by atoms with E-state index in [4.69, 9.17) is 2.74 Å². The molecule has 0 atom stereocenters. The third-order valence-corrected chi connectivity index (χ3v) is 2.86. The molecule has 0 bridgehead atoms. The molecule has 0 aromatic heterocycles. The van der Waals surface area contributed by atoms with E-state index in [0.29, 0.717) is 12.0 Å². The second-order valence-corrected chi connectivity index (χ2v) is 4.46. The third kappa shape index (κ3) is 2.95. The number of methoxy groups -OCH3 is 1. The summed E-state index contributed by atoms with van der Waals surface area (Å²) in [5.74, 6) is -0.410. The monoisotopic (exact) mass is 210 g/mol. The zero-order chi connectivity index (χ0) is 13.3.